The van der Waals surface area contributed by atoms with E-state index in [1.165, 1.54) is 0 Å². The number of fused-ring (bicyclic) bond motifs is 1. The summed E-state index contributed by atoms with van der Waals surface area (Å²) < 4.78 is 0. The molecule has 1 unspecified atom stereocenters. The molecule has 1 heterocycles. The summed E-state index contributed by atoms with van der Waals surface area (Å²) in [7, 11) is 0. The lowest BCUT2D eigenvalue weighted by Crippen LogP contribution is -2.42. The molecule has 0 saturated carbocycles. The molecule has 0 radical (unpaired) electrons. The summed E-state index contributed by atoms with van der Waals surface area (Å²) in [6.45, 7) is 3.78. The number of amides is 1. The number of aromatic nitrogens is 1. The smallest absolute Gasteiger partial charge is 0.257 e. The largest absolute Gasteiger partial charge is 0.320 e. The Morgan fingerprint density at radius 3 is 2.85 bits per heavy atom. The van der Waals surface area contributed by atoms with Crippen LogP contribution < -0.4 is 11.2 Å². The number of nitrogens with two attached hydrogens (primary N) is 1. The summed E-state index contributed by atoms with van der Waals surface area (Å²) in [4.78, 5) is 16.0. The van der Waals surface area contributed by atoms with Gasteiger partial charge in [-0.15, -0.1) is 0 Å². The van der Waals surface area contributed by atoms with Crippen molar-refractivity contribution in [3.8, 4) is 0 Å². The Hall–Kier alpha value is -2.27. The molecule has 104 valence electrons. The van der Waals surface area contributed by atoms with Crippen LogP contribution in [0.1, 0.15) is 19.4 Å². The highest BCUT2D eigenvalue weighted by atomic mass is 16.2. The van der Waals surface area contributed by atoms with Gasteiger partial charge in [-0.2, -0.15) is 5.10 Å². The van der Waals surface area contributed by atoms with E-state index in [-0.39, 0.29) is 11.8 Å². The maximum Gasteiger partial charge on any atom is 0.257 e. The molecule has 1 atom stereocenters. The predicted octanol–water partition coefficient (Wildman–Crippen LogP) is 1.67. The number of nitrogens with one attached hydrogen (secondary N) is 1. The molecule has 0 aliphatic heterocycles. The van der Waals surface area contributed by atoms with Crippen molar-refractivity contribution in [1.29, 1.82) is 0 Å². The summed E-state index contributed by atoms with van der Waals surface area (Å²) in [5.41, 5.74) is 9.88. The molecular formula is C15H18N4O. The number of hydrazone groups is 1. The number of nitrogens with zero attached hydrogens (tertiary/aromatic N) is 2. The minimum absolute atomic E-state index is 0.0735. The fourth-order valence-electron chi connectivity index (χ4n) is 1.77. The predicted molar refractivity (Wildman–Crippen MR) is 80.3 cm³/mol. The second-order valence-electron chi connectivity index (χ2n) is 4.93. The second-order valence-corrected chi connectivity index (χ2v) is 4.93. The van der Waals surface area contributed by atoms with Crippen LogP contribution in [0.5, 0.6) is 0 Å². The summed E-state index contributed by atoms with van der Waals surface area (Å²) in [6.07, 6.45) is 3.31. The van der Waals surface area contributed by atoms with Crippen LogP contribution in [-0.2, 0) is 4.79 Å². The molecule has 0 bridgehead atoms. The molecule has 1 amide bonds. The molecule has 1 aromatic heterocycles. The zero-order chi connectivity index (χ0) is 14.5. The van der Waals surface area contributed by atoms with Crippen molar-refractivity contribution >= 4 is 23.0 Å². The van der Waals surface area contributed by atoms with Gasteiger partial charge >= 0.3 is 0 Å². The number of hydrogen-bond acceptors (Lipinski definition) is 4. The van der Waals surface area contributed by atoms with Gasteiger partial charge in [0.2, 0.25) is 0 Å². The van der Waals surface area contributed by atoms with Crippen LogP contribution in [0.2, 0.25) is 0 Å². The third kappa shape index (κ3) is 3.19. The maximum atomic E-state index is 11.7. The van der Waals surface area contributed by atoms with Crippen LogP contribution in [-0.4, -0.2) is 23.1 Å². The Kier molecular flexibility index (Phi) is 4.42. The number of carbonyl (C=O) groups excluding carboxylic acids is 1. The molecule has 0 saturated heterocycles. The number of rotatable bonds is 4. The number of benzene rings is 1. The average molecular weight is 270 g/mol. The number of pyridine rings is 1. The fourth-order valence-corrected chi connectivity index (χ4v) is 1.77. The molecule has 0 aliphatic rings. The zero-order valence-corrected chi connectivity index (χ0v) is 11.6. The van der Waals surface area contributed by atoms with E-state index in [9.17, 15) is 4.79 Å². The molecule has 5 nitrogen and oxygen atoms in total. The van der Waals surface area contributed by atoms with E-state index < -0.39 is 6.04 Å². The van der Waals surface area contributed by atoms with Gasteiger partial charge in [-0.1, -0.05) is 38.1 Å². The first kappa shape index (κ1) is 14.1. The van der Waals surface area contributed by atoms with E-state index in [4.69, 9.17) is 5.73 Å². The Balaban J connectivity index is 2.13. The Morgan fingerprint density at radius 1 is 1.35 bits per heavy atom. The zero-order valence-electron chi connectivity index (χ0n) is 11.6. The monoisotopic (exact) mass is 270 g/mol. The molecule has 0 aliphatic carbocycles. The average Bonchev–Trinajstić information content (AvgIpc) is 2.46. The quantitative estimate of drug-likeness (QED) is 0.655. The lowest BCUT2D eigenvalue weighted by molar-refractivity contribution is -0.123. The molecule has 1 aromatic carbocycles. The lowest BCUT2D eigenvalue weighted by atomic mass is 10.1. The van der Waals surface area contributed by atoms with E-state index in [2.05, 4.69) is 15.5 Å². The van der Waals surface area contributed by atoms with Crippen LogP contribution in [0.25, 0.3) is 10.9 Å². The van der Waals surface area contributed by atoms with Crippen molar-refractivity contribution in [2.24, 2.45) is 16.8 Å². The van der Waals surface area contributed by atoms with E-state index in [0.29, 0.717) is 0 Å². The summed E-state index contributed by atoms with van der Waals surface area (Å²) in [5, 5.41) is 4.98. The summed E-state index contributed by atoms with van der Waals surface area (Å²) in [5.74, 6) is -0.214. The van der Waals surface area contributed by atoms with Gasteiger partial charge in [0, 0.05) is 17.1 Å². The van der Waals surface area contributed by atoms with Crippen molar-refractivity contribution in [3.05, 3.63) is 42.1 Å². The topological polar surface area (TPSA) is 80.4 Å². The third-order valence-corrected chi connectivity index (χ3v) is 3.06. The minimum atomic E-state index is -0.558. The number of para-hydroxylation sites is 1. The van der Waals surface area contributed by atoms with Crippen LogP contribution in [0, 0.1) is 5.92 Å². The highest BCUT2D eigenvalue weighted by Crippen LogP contribution is 2.13. The Morgan fingerprint density at radius 2 is 2.10 bits per heavy atom. The molecule has 2 rings (SSSR count). The van der Waals surface area contributed by atoms with Crippen molar-refractivity contribution < 1.29 is 4.79 Å². The number of hydrogen-bond donors (Lipinski definition) is 2. The first-order valence-electron chi connectivity index (χ1n) is 6.52. The van der Waals surface area contributed by atoms with Gasteiger partial charge < -0.3 is 5.73 Å². The van der Waals surface area contributed by atoms with Crippen LogP contribution in [0.4, 0.5) is 0 Å². The first-order chi connectivity index (χ1) is 9.59. The number of carbonyl (C=O) groups is 1. The van der Waals surface area contributed by atoms with Crippen molar-refractivity contribution in [2.45, 2.75) is 19.9 Å². The van der Waals surface area contributed by atoms with Gasteiger partial charge in [0.1, 0.15) is 0 Å². The second kappa shape index (κ2) is 6.25. The molecule has 20 heavy (non-hydrogen) atoms. The minimum Gasteiger partial charge on any atom is -0.320 e. The van der Waals surface area contributed by atoms with Gasteiger partial charge in [0.15, 0.2) is 0 Å². The SMILES string of the molecule is CC(C)C(N)C(=O)NN=Cc1cccc2cccnc12. The van der Waals surface area contributed by atoms with Crippen molar-refractivity contribution in [1.82, 2.24) is 10.4 Å². The van der Waals surface area contributed by atoms with Crippen molar-refractivity contribution in [2.75, 3.05) is 0 Å². The molecule has 0 spiro atoms. The Labute approximate surface area is 117 Å². The molecule has 3 N–H and O–H groups in total. The van der Waals surface area contributed by atoms with E-state index >= 15 is 0 Å². The van der Waals surface area contributed by atoms with E-state index in [1.807, 2.05) is 44.2 Å². The molecule has 5 heteroatoms. The highest BCUT2D eigenvalue weighted by molar-refractivity contribution is 5.97. The highest BCUT2D eigenvalue weighted by Gasteiger charge is 2.16. The standard InChI is InChI=1S/C15H18N4O/c1-10(2)13(16)15(20)19-18-9-12-6-3-5-11-7-4-8-17-14(11)12/h3-10,13H,16H2,1-2H3,(H,19,20). The Bertz CT molecular complexity index is 631. The molecule has 2 aromatic rings. The van der Waals surface area contributed by atoms with E-state index in [1.54, 1.807) is 12.4 Å². The maximum absolute atomic E-state index is 11.7. The fraction of sp³-hybridized carbons (Fsp3) is 0.267. The van der Waals surface area contributed by atoms with E-state index in [0.717, 1.165) is 16.5 Å². The van der Waals surface area contributed by atoms with Gasteiger partial charge in [-0.05, 0) is 12.0 Å². The van der Waals surface area contributed by atoms with Crippen molar-refractivity contribution in [3.63, 3.8) is 0 Å². The van der Waals surface area contributed by atoms with Gasteiger partial charge in [0.25, 0.3) is 5.91 Å². The summed E-state index contributed by atoms with van der Waals surface area (Å²) in [6, 6.07) is 9.10. The third-order valence-electron chi connectivity index (χ3n) is 3.06. The van der Waals surface area contributed by atoms with Crippen LogP contribution in [0.15, 0.2) is 41.6 Å². The lowest BCUT2D eigenvalue weighted by Gasteiger charge is -2.12. The first-order valence-corrected chi connectivity index (χ1v) is 6.52. The van der Waals surface area contributed by atoms with Crippen LogP contribution in [0.3, 0.4) is 0 Å². The van der Waals surface area contributed by atoms with Gasteiger partial charge in [0.05, 0.1) is 17.8 Å². The van der Waals surface area contributed by atoms with Crippen LogP contribution >= 0.6 is 0 Å². The summed E-state index contributed by atoms with van der Waals surface area (Å²) >= 11 is 0. The molecular weight excluding hydrogens is 252 g/mol. The van der Waals surface area contributed by atoms with Gasteiger partial charge in [-0.25, -0.2) is 5.43 Å². The molecule has 0 fully saturated rings. The van der Waals surface area contributed by atoms with Gasteiger partial charge in [-0.3, -0.25) is 9.78 Å². The normalized spacial score (nSPS) is 13.0.